The second-order valence-electron chi connectivity index (χ2n) is 6.72. The molecule has 1 aromatic carbocycles. The SMILES string of the molecule is CCN(c1cccc(C)c1)c1cncc(C(=O)N2CCCCCC2)c1. The summed E-state index contributed by atoms with van der Waals surface area (Å²) in [6, 6.07) is 10.4. The van der Waals surface area contributed by atoms with Crippen LogP contribution in [0.25, 0.3) is 0 Å². The van der Waals surface area contributed by atoms with Gasteiger partial charge in [0.2, 0.25) is 0 Å². The molecule has 25 heavy (non-hydrogen) atoms. The van der Waals surface area contributed by atoms with Crippen LogP contribution in [0.5, 0.6) is 0 Å². The van der Waals surface area contributed by atoms with E-state index in [4.69, 9.17) is 0 Å². The van der Waals surface area contributed by atoms with Crippen LogP contribution < -0.4 is 4.90 Å². The average molecular weight is 337 g/mol. The molecule has 0 bridgehead atoms. The van der Waals surface area contributed by atoms with E-state index in [1.807, 2.05) is 17.2 Å². The number of benzene rings is 1. The van der Waals surface area contributed by atoms with Crippen molar-refractivity contribution in [2.24, 2.45) is 0 Å². The Hall–Kier alpha value is -2.36. The minimum Gasteiger partial charge on any atom is -0.340 e. The third kappa shape index (κ3) is 4.19. The Labute approximate surface area is 150 Å². The molecule has 0 N–H and O–H groups in total. The summed E-state index contributed by atoms with van der Waals surface area (Å²) in [6.07, 6.45) is 8.18. The molecule has 0 radical (unpaired) electrons. The number of hydrogen-bond acceptors (Lipinski definition) is 3. The second kappa shape index (κ2) is 8.15. The topological polar surface area (TPSA) is 36.4 Å². The third-order valence-electron chi connectivity index (χ3n) is 4.81. The number of nitrogens with zero attached hydrogens (tertiary/aromatic N) is 3. The highest BCUT2D eigenvalue weighted by molar-refractivity contribution is 5.95. The maximum Gasteiger partial charge on any atom is 0.255 e. The number of carbonyl (C=O) groups is 1. The van der Waals surface area contributed by atoms with E-state index in [-0.39, 0.29) is 5.91 Å². The monoisotopic (exact) mass is 337 g/mol. The van der Waals surface area contributed by atoms with Crippen molar-refractivity contribution in [3.05, 3.63) is 53.9 Å². The molecule has 0 unspecified atom stereocenters. The van der Waals surface area contributed by atoms with Gasteiger partial charge >= 0.3 is 0 Å². The van der Waals surface area contributed by atoms with Gasteiger partial charge in [0.25, 0.3) is 5.91 Å². The summed E-state index contributed by atoms with van der Waals surface area (Å²) >= 11 is 0. The number of likely N-dealkylation sites (tertiary alicyclic amines) is 1. The second-order valence-corrected chi connectivity index (χ2v) is 6.72. The molecule has 2 aromatic rings. The normalized spacial score (nSPS) is 14.9. The van der Waals surface area contributed by atoms with Gasteiger partial charge in [0.1, 0.15) is 0 Å². The van der Waals surface area contributed by atoms with Crippen LogP contribution >= 0.6 is 0 Å². The quantitative estimate of drug-likeness (QED) is 0.820. The van der Waals surface area contributed by atoms with Crippen molar-refractivity contribution in [2.75, 3.05) is 24.5 Å². The zero-order valence-electron chi connectivity index (χ0n) is 15.2. The first-order chi connectivity index (χ1) is 12.2. The lowest BCUT2D eigenvalue weighted by atomic mass is 10.1. The first-order valence-corrected chi connectivity index (χ1v) is 9.27. The molecule has 0 spiro atoms. The van der Waals surface area contributed by atoms with Crippen LogP contribution in [0.1, 0.15) is 48.5 Å². The van der Waals surface area contributed by atoms with E-state index in [2.05, 4.69) is 48.0 Å². The van der Waals surface area contributed by atoms with Gasteiger partial charge in [-0.2, -0.15) is 0 Å². The number of aryl methyl sites for hydroxylation is 1. The van der Waals surface area contributed by atoms with E-state index < -0.39 is 0 Å². The van der Waals surface area contributed by atoms with E-state index >= 15 is 0 Å². The van der Waals surface area contributed by atoms with Gasteiger partial charge in [0.05, 0.1) is 17.4 Å². The van der Waals surface area contributed by atoms with Crippen LogP contribution in [-0.2, 0) is 0 Å². The highest BCUT2D eigenvalue weighted by Gasteiger charge is 2.19. The Morgan fingerprint density at radius 2 is 1.84 bits per heavy atom. The van der Waals surface area contributed by atoms with Gasteiger partial charge in [0.15, 0.2) is 0 Å². The molecule has 132 valence electrons. The standard InChI is InChI=1S/C21H27N3O/c1-3-24(19-10-8-9-17(2)13-19)20-14-18(15-22-16-20)21(25)23-11-6-4-5-7-12-23/h8-10,13-16H,3-7,11-12H2,1-2H3. The molecule has 1 aromatic heterocycles. The first kappa shape index (κ1) is 17.5. The fraction of sp³-hybridized carbons (Fsp3) is 0.429. The maximum atomic E-state index is 12.9. The fourth-order valence-electron chi connectivity index (χ4n) is 3.46. The Morgan fingerprint density at radius 3 is 2.52 bits per heavy atom. The van der Waals surface area contributed by atoms with Crippen molar-refractivity contribution in [1.29, 1.82) is 0 Å². The van der Waals surface area contributed by atoms with E-state index in [1.54, 1.807) is 6.20 Å². The molecule has 1 aliphatic heterocycles. The molecule has 1 aliphatic rings. The number of amides is 1. The van der Waals surface area contributed by atoms with Gasteiger partial charge in [-0.25, -0.2) is 0 Å². The molecular formula is C21H27N3O. The van der Waals surface area contributed by atoms with Gasteiger partial charge in [-0.15, -0.1) is 0 Å². The van der Waals surface area contributed by atoms with E-state index in [1.165, 1.54) is 18.4 Å². The van der Waals surface area contributed by atoms with Crippen LogP contribution in [0.15, 0.2) is 42.7 Å². The molecule has 2 heterocycles. The van der Waals surface area contributed by atoms with Crippen molar-refractivity contribution in [3.8, 4) is 0 Å². The zero-order valence-corrected chi connectivity index (χ0v) is 15.2. The van der Waals surface area contributed by atoms with Gasteiger partial charge in [0, 0.05) is 31.5 Å². The summed E-state index contributed by atoms with van der Waals surface area (Å²) in [7, 11) is 0. The molecule has 4 nitrogen and oxygen atoms in total. The molecule has 0 aliphatic carbocycles. The number of rotatable bonds is 4. The van der Waals surface area contributed by atoms with Crippen LogP contribution in [-0.4, -0.2) is 35.4 Å². The molecule has 4 heteroatoms. The third-order valence-corrected chi connectivity index (χ3v) is 4.81. The Kier molecular flexibility index (Phi) is 5.69. The van der Waals surface area contributed by atoms with Crippen molar-refractivity contribution < 1.29 is 4.79 Å². The Balaban J connectivity index is 1.85. The van der Waals surface area contributed by atoms with E-state index in [9.17, 15) is 4.79 Å². The van der Waals surface area contributed by atoms with Crippen molar-refractivity contribution in [2.45, 2.75) is 39.5 Å². The zero-order chi connectivity index (χ0) is 17.6. The summed E-state index contributed by atoms with van der Waals surface area (Å²) in [5.41, 5.74) is 4.00. The summed E-state index contributed by atoms with van der Waals surface area (Å²) in [5.74, 6) is 0.108. The van der Waals surface area contributed by atoms with Crippen LogP contribution in [0.4, 0.5) is 11.4 Å². The Bertz CT molecular complexity index is 721. The highest BCUT2D eigenvalue weighted by atomic mass is 16.2. The molecule has 1 saturated heterocycles. The molecule has 0 saturated carbocycles. The number of anilines is 2. The summed E-state index contributed by atoms with van der Waals surface area (Å²) < 4.78 is 0. The first-order valence-electron chi connectivity index (χ1n) is 9.27. The lowest BCUT2D eigenvalue weighted by molar-refractivity contribution is 0.0761. The lowest BCUT2D eigenvalue weighted by Gasteiger charge is -2.25. The highest BCUT2D eigenvalue weighted by Crippen LogP contribution is 2.26. The Morgan fingerprint density at radius 1 is 1.08 bits per heavy atom. The number of carbonyl (C=O) groups excluding carboxylic acids is 1. The molecular weight excluding hydrogens is 310 g/mol. The van der Waals surface area contributed by atoms with Gasteiger partial charge in [-0.3, -0.25) is 9.78 Å². The van der Waals surface area contributed by atoms with Crippen LogP contribution in [0.2, 0.25) is 0 Å². The molecule has 0 atom stereocenters. The van der Waals surface area contributed by atoms with Crippen molar-refractivity contribution in [1.82, 2.24) is 9.88 Å². The fourth-order valence-corrected chi connectivity index (χ4v) is 3.46. The maximum absolute atomic E-state index is 12.9. The lowest BCUT2D eigenvalue weighted by Crippen LogP contribution is -2.32. The van der Waals surface area contributed by atoms with E-state index in [0.717, 1.165) is 43.9 Å². The van der Waals surface area contributed by atoms with Gasteiger partial charge in [-0.05, 0) is 50.5 Å². The molecule has 1 amide bonds. The van der Waals surface area contributed by atoms with Gasteiger partial charge in [-0.1, -0.05) is 25.0 Å². The van der Waals surface area contributed by atoms with Gasteiger partial charge < -0.3 is 9.80 Å². The van der Waals surface area contributed by atoms with E-state index in [0.29, 0.717) is 5.56 Å². The van der Waals surface area contributed by atoms with Crippen molar-refractivity contribution in [3.63, 3.8) is 0 Å². The average Bonchev–Trinajstić information content (AvgIpc) is 2.91. The summed E-state index contributed by atoms with van der Waals surface area (Å²) in [6.45, 7) is 6.75. The summed E-state index contributed by atoms with van der Waals surface area (Å²) in [4.78, 5) is 21.4. The smallest absolute Gasteiger partial charge is 0.255 e. The number of aromatic nitrogens is 1. The largest absolute Gasteiger partial charge is 0.340 e. The number of pyridine rings is 1. The minimum absolute atomic E-state index is 0.108. The molecule has 3 rings (SSSR count). The number of hydrogen-bond donors (Lipinski definition) is 0. The predicted molar refractivity (Wildman–Crippen MR) is 102 cm³/mol. The van der Waals surface area contributed by atoms with Crippen molar-refractivity contribution >= 4 is 17.3 Å². The predicted octanol–water partition coefficient (Wildman–Crippen LogP) is 4.56. The van der Waals surface area contributed by atoms with Crippen LogP contribution in [0.3, 0.4) is 0 Å². The van der Waals surface area contributed by atoms with Crippen LogP contribution in [0, 0.1) is 6.92 Å². The molecule has 1 fully saturated rings. The summed E-state index contributed by atoms with van der Waals surface area (Å²) in [5, 5.41) is 0. The minimum atomic E-state index is 0.108.